The first-order chi connectivity index (χ1) is 8.78. The molecule has 0 amide bonds. The number of allylic oxidation sites excluding steroid dienone is 1. The van der Waals surface area contributed by atoms with Crippen LogP contribution in [0.25, 0.3) is 17.2 Å². The smallest absolute Gasteiger partial charge is 0.137 e. The molecule has 0 spiro atoms. The Morgan fingerprint density at radius 3 is 2.72 bits per heavy atom. The molecule has 1 aliphatic rings. The van der Waals surface area contributed by atoms with Gasteiger partial charge in [0.15, 0.2) is 0 Å². The van der Waals surface area contributed by atoms with Crippen LogP contribution in [-0.2, 0) is 6.42 Å². The number of nitrogens with zero attached hydrogens (tertiary/aromatic N) is 2. The van der Waals surface area contributed by atoms with Crippen LogP contribution in [0.5, 0.6) is 0 Å². The van der Waals surface area contributed by atoms with E-state index >= 15 is 0 Å². The minimum absolute atomic E-state index is 0.505. The highest BCUT2D eigenvalue weighted by atomic mass is 35.5. The molecule has 2 aromatic rings. The number of benzene rings is 1. The average Bonchev–Trinajstić information content (AvgIpc) is 2.85. The van der Waals surface area contributed by atoms with E-state index in [9.17, 15) is 0 Å². The van der Waals surface area contributed by atoms with Gasteiger partial charge in [0.25, 0.3) is 0 Å². The molecule has 0 unspecified atom stereocenters. The maximum atomic E-state index is 8.78. The lowest BCUT2D eigenvalue weighted by Crippen LogP contribution is -1.91. The Hall–Kier alpha value is -2.11. The number of hydrogen-bond donors (Lipinski definition) is 0. The predicted octanol–water partition coefficient (Wildman–Crippen LogP) is 3.84. The first-order valence-electron chi connectivity index (χ1n) is 5.64. The molecule has 86 valence electrons. The summed E-state index contributed by atoms with van der Waals surface area (Å²) in [5.41, 5.74) is 4.70. The summed E-state index contributed by atoms with van der Waals surface area (Å²) in [6.07, 6.45) is 4.98. The van der Waals surface area contributed by atoms with Crippen LogP contribution in [0.3, 0.4) is 0 Å². The predicted molar refractivity (Wildman–Crippen MR) is 72.1 cm³/mol. The standard InChI is InChI=1S/C15H9ClN2/c16-15-13(8-12-2-1-3-14(12)18-15)11-6-4-10(9-17)5-7-11/h1,3-8H,2H2. The molecule has 1 aromatic carbocycles. The fraction of sp³-hybridized carbons (Fsp3) is 0.0667. The summed E-state index contributed by atoms with van der Waals surface area (Å²) in [4.78, 5) is 4.39. The summed E-state index contributed by atoms with van der Waals surface area (Å²) < 4.78 is 0. The van der Waals surface area contributed by atoms with Gasteiger partial charge in [0.05, 0.1) is 17.3 Å². The largest absolute Gasteiger partial charge is 0.236 e. The van der Waals surface area contributed by atoms with Crippen molar-refractivity contribution in [1.29, 1.82) is 5.26 Å². The summed E-state index contributed by atoms with van der Waals surface area (Å²) in [6.45, 7) is 0. The molecule has 1 aliphatic carbocycles. The summed E-state index contributed by atoms with van der Waals surface area (Å²) in [6, 6.07) is 11.6. The number of aromatic nitrogens is 1. The Balaban J connectivity index is 2.09. The van der Waals surface area contributed by atoms with E-state index in [-0.39, 0.29) is 0 Å². The van der Waals surface area contributed by atoms with Gasteiger partial charge in [0.1, 0.15) is 5.15 Å². The zero-order chi connectivity index (χ0) is 12.5. The number of halogens is 1. The van der Waals surface area contributed by atoms with E-state index < -0.39 is 0 Å². The zero-order valence-electron chi connectivity index (χ0n) is 9.52. The minimum Gasteiger partial charge on any atom is -0.236 e. The quantitative estimate of drug-likeness (QED) is 0.723. The van der Waals surface area contributed by atoms with Crippen molar-refractivity contribution in [2.24, 2.45) is 0 Å². The molecular weight excluding hydrogens is 244 g/mol. The van der Waals surface area contributed by atoms with Crippen LogP contribution in [0.15, 0.2) is 36.4 Å². The molecule has 0 saturated carbocycles. The van der Waals surface area contributed by atoms with Gasteiger partial charge < -0.3 is 0 Å². The first kappa shape index (κ1) is 11.0. The van der Waals surface area contributed by atoms with Crippen molar-refractivity contribution in [3.8, 4) is 17.2 Å². The summed E-state index contributed by atoms with van der Waals surface area (Å²) in [5.74, 6) is 0. The van der Waals surface area contributed by atoms with E-state index in [4.69, 9.17) is 16.9 Å². The first-order valence-corrected chi connectivity index (χ1v) is 6.02. The van der Waals surface area contributed by atoms with Crippen molar-refractivity contribution >= 4 is 17.7 Å². The van der Waals surface area contributed by atoms with Gasteiger partial charge in [-0.05, 0) is 41.8 Å². The van der Waals surface area contributed by atoms with Crippen molar-refractivity contribution in [3.63, 3.8) is 0 Å². The van der Waals surface area contributed by atoms with Crippen LogP contribution in [-0.4, -0.2) is 4.98 Å². The van der Waals surface area contributed by atoms with Crippen LogP contribution < -0.4 is 0 Å². The molecule has 18 heavy (non-hydrogen) atoms. The second kappa shape index (κ2) is 4.29. The zero-order valence-corrected chi connectivity index (χ0v) is 10.3. The fourth-order valence-electron chi connectivity index (χ4n) is 2.08. The molecule has 0 radical (unpaired) electrons. The van der Waals surface area contributed by atoms with Gasteiger partial charge in [-0.25, -0.2) is 4.98 Å². The van der Waals surface area contributed by atoms with Crippen molar-refractivity contribution in [2.75, 3.05) is 0 Å². The van der Waals surface area contributed by atoms with Gasteiger partial charge in [0, 0.05) is 5.56 Å². The number of pyridine rings is 1. The van der Waals surface area contributed by atoms with E-state index in [1.54, 1.807) is 12.1 Å². The molecule has 0 N–H and O–H groups in total. The van der Waals surface area contributed by atoms with Crippen molar-refractivity contribution in [2.45, 2.75) is 6.42 Å². The number of nitriles is 1. The highest BCUT2D eigenvalue weighted by molar-refractivity contribution is 6.32. The van der Waals surface area contributed by atoms with Crippen molar-refractivity contribution in [1.82, 2.24) is 4.98 Å². The Morgan fingerprint density at radius 2 is 2.00 bits per heavy atom. The topological polar surface area (TPSA) is 36.7 Å². The van der Waals surface area contributed by atoms with Crippen LogP contribution in [0.1, 0.15) is 16.8 Å². The summed E-state index contributed by atoms with van der Waals surface area (Å²) >= 11 is 6.21. The van der Waals surface area contributed by atoms with Gasteiger partial charge in [-0.3, -0.25) is 0 Å². The van der Waals surface area contributed by atoms with E-state index in [1.807, 2.05) is 18.2 Å². The summed E-state index contributed by atoms with van der Waals surface area (Å²) in [7, 11) is 0. The van der Waals surface area contributed by atoms with Gasteiger partial charge in [-0.15, -0.1) is 0 Å². The number of fused-ring (bicyclic) bond motifs is 1. The third-order valence-electron chi connectivity index (χ3n) is 3.03. The van der Waals surface area contributed by atoms with E-state index in [0.717, 1.165) is 23.2 Å². The van der Waals surface area contributed by atoms with E-state index in [0.29, 0.717) is 10.7 Å². The highest BCUT2D eigenvalue weighted by Crippen LogP contribution is 2.31. The maximum Gasteiger partial charge on any atom is 0.137 e. The molecule has 1 aromatic heterocycles. The monoisotopic (exact) mass is 252 g/mol. The second-order valence-electron chi connectivity index (χ2n) is 4.17. The number of rotatable bonds is 1. The normalized spacial score (nSPS) is 12.2. The second-order valence-corrected chi connectivity index (χ2v) is 4.52. The lowest BCUT2D eigenvalue weighted by Gasteiger charge is -2.07. The average molecular weight is 253 g/mol. The minimum atomic E-state index is 0.505. The van der Waals surface area contributed by atoms with Gasteiger partial charge in [-0.2, -0.15) is 5.26 Å². The molecule has 3 rings (SSSR count). The Kier molecular flexibility index (Phi) is 2.62. The molecule has 3 heteroatoms. The maximum absolute atomic E-state index is 8.78. The number of hydrogen-bond acceptors (Lipinski definition) is 2. The molecule has 0 saturated heterocycles. The molecule has 1 heterocycles. The molecule has 2 nitrogen and oxygen atoms in total. The van der Waals surface area contributed by atoms with E-state index in [2.05, 4.69) is 23.2 Å². The van der Waals surface area contributed by atoms with Crippen molar-refractivity contribution < 1.29 is 0 Å². The fourth-order valence-corrected chi connectivity index (χ4v) is 2.33. The van der Waals surface area contributed by atoms with Crippen LogP contribution in [0, 0.1) is 11.3 Å². The Morgan fingerprint density at radius 1 is 1.22 bits per heavy atom. The SMILES string of the molecule is N#Cc1ccc(-c2cc3c(nc2Cl)C=CC3)cc1. The Labute approximate surface area is 110 Å². The van der Waals surface area contributed by atoms with Crippen LogP contribution in [0.2, 0.25) is 5.15 Å². The summed E-state index contributed by atoms with van der Waals surface area (Å²) in [5, 5.41) is 9.29. The third kappa shape index (κ3) is 1.79. The highest BCUT2D eigenvalue weighted by Gasteiger charge is 2.12. The van der Waals surface area contributed by atoms with Gasteiger partial charge in [0.2, 0.25) is 0 Å². The lowest BCUT2D eigenvalue weighted by molar-refractivity contribution is 1.21. The van der Waals surface area contributed by atoms with Crippen molar-refractivity contribution in [3.05, 3.63) is 58.4 Å². The molecular formula is C15H9ClN2. The molecule has 0 fully saturated rings. The van der Waals surface area contributed by atoms with Gasteiger partial charge in [-0.1, -0.05) is 29.8 Å². The van der Waals surface area contributed by atoms with Crippen LogP contribution >= 0.6 is 11.6 Å². The van der Waals surface area contributed by atoms with E-state index in [1.165, 1.54) is 5.56 Å². The molecule has 0 aliphatic heterocycles. The lowest BCUT2D eigenvalue weighted by atomic mass is 10.0. The third-order valence-corrected chi connectivity index (χ3v) is 3.32. The molecule has 0 atom stereocenters. The Bertz CT molecular complexity index is 679. The van der Waals surface area contributed by atoms with Crippen LogP contribution in [0.4, 0.5) is 0 Å². The molecule has 0 bridgehead atoms. The van der Waals surface area contributed by atoms with Gasteiger partial charge >= 0.3 is 0 Å².